The van der Waals surface area contributed by atoms with Crippen LogP contribution < -0.4 is 5.32 Å². The molecule has 1 heterocycles. The smallest absolute Gasteiger partial charge is 0.0196 e. The number of hydrogen-bond donors (Lipinski definition) is 1. The Morgan fingerprint density at radius 3 is 2.67 bits per heavy atom. The molecule has 106 valence electrons. The van der Waals surface area contributed by atoms with Crippen LogP contribution in [0.1, 0.15) is 65.7 Å². The Bertz CT molecular complexity index is 241. The lowest BCUT2D eigenvalue weighted by Crippen LogP contribution is -2.59. The maximum atomic E-state index is 3.73. The number of nitrogens with one attached hydrogen (secondary N) is 1. The quantitative estimate of drug-likeness (QED) is 0.774. The van der Waals surface area contributed by atoms with Gasteiger partial charge in [-0.3, -0.25) is 4.90 Å². The molecule has 0 aromatic rings. The summed E-state index contributed by atoms with van der Waals surface area (Å²) in [6.07, 6.45) is 9.88. The van der Waals surface area contributed by atoms with Crippen LogP contribution in [0.2, 0.25) is 0 Å². The Hall–Kier alpha value is -0.0800. The molecule has 4 atom stereocenters. The molecule has 2 heteroatoms. The molecule has 0 aromatic heterocycles. The van der Waals surface area contributed by atoms with E-state index >= 15 is 0 Å². The first-order valence-corrected chi connectivity index (χ1v) is 8.21. The second-order valence-electron chi connectivity index (χ2n) is 6.62. The highest BCUT2D eigenvalue weighted by atomic mass is 15.3. The van der Waals surface area contributed by atoms with Crippen molar-refractivity contribution in [3.05, 3.63) is 0 Å². The predicted octanol–water partition coefficient (Wildman–Crippen LogP) is 3.42. The van der Waals surface area contributed by atoms with Gasteiger partial charge in [0.05, 0.1) is 0 Å². The van der Waals surface area contributed by atoms with Gasteiger partial charge in [-0.1, -0.05) is 39.5 Å². The van der Waals surface area contributed by atoms with Crippen LogP contribution in [0.15, 0.2) is 0 Å². The minimum Gasteiger partial charge on any atom is -0.311 e. The average Bonchev–Trinajstić information content (AvgIpc) is 2.57. The van der Waals surface area contributed by atoms with Crippen LogP contribution in [0.25, 0.3) is 0 Å². The zero-order chi connectivity index (χ0) is 13.0. The fraction of sp³-hybridized carbons (Fsp3) is 1.00. The van der Waals surface area contributed by atoms with Gasteiger partial charge in [0.2, 0.25) is 0 Å². The summed E-state index contributed by atoms with van der Waals surface area (Å²) in [6.45, 7) is 9.67. The number of piperazine rings is 1. The third kappa shape index (κ3) is 3.48. The summed E-state index contributed by atoms with van der Waals surface area (Å²) in [5.41, 5.74) is 0. The van der Waals surface area contributed by atoms with Crippen molar-refractivity contribution in [3.8, 4) is 0 Å². The second-order valence-corrected chi connectivity index (χ2v) is 6.62. The van der Waals surface area contributed by atoms with E-state index in [1.54, 1.807) is 0 Å². The molecular formula is C16H32N2. The molecule has 2 rings (SSSR count). The summed E-state index contributed by atoms with van der Waals surface area (Å²) in [7, 11) is 0. The van der Waals surface area contributed by atoms with Crippen molar-refractivity contribution in [1.29, 1.82) is 0 Å². The van der Waals surface area contributed by atoms with E-state index in [2.05, 4.69) is 31.0 Å². The molecule has 0 amide bonds. The van der Waals surface area contributed by atoms with Crippen LogP contribution in [0.5, 0.6) is 0 Å². The molecule has 1 aliphatic carbocycles. The Morgan fingerprint density at radius 1 is 1.11 bits per heavy atom. The van der Waals surface area contributed by atoms with Crippen molar-refractivity contribution in [3.63, 3.8) is 0 Å². The monoisotopic (exact) mass is 252 g/mol. The van der Waals surface area contributed by atoms with E-state index in [4.69, 9.17) is 0 Å². The van der Waals surface area contributed by atoms with E-state index in [-0.39, 0.29) is 0 Å². The van der Waals surface area contributed by atoms with Crippen LogP contribution in [0.4, 0.5) is 0 Å². The number of hydrogen-bond acceptors (Lipinski definition) is 2. The van der Waals surface area contributed by atoms with E-state index in [0.717, 1.165) is 24.0 Å². The van der Waals surface area contributed by atoms with Gasteiger partial charge >= 0.3 is 0 Å². The van der Waals surface area contributed by atoms with Gasteiger partial charge in [-0.25, -0.2) is 0 Å². The largest absolute Gasteiger partial charge is 0.311 e. The van der Waals surface area contributed by atoms with Gasteiger partial charge in [-0.15, -0.1) is 0 Å². The lowest BCUT2D eigenvalue weighted by molar-refractivity contribution is 0.0568. The van der Waals surface area contributed by atoms with Crippen molar-refractivity contribution in [2.24, 2.45) is 5.92 Å². The highest BCUT2D eigenvalue weighted by Crippen LogP contribution is 2.29. The lowest BCUT2D eigenvalue weighted by atomic mass is 9.92. The second kappa shape index (κ2) is 6.91. The molecule has 0 bridgehead atoms. The van der Waals surface area contributed by atoms with Gasteiger partial charge in [0.1, 0.15) is 0 Å². The molecule has 18 heavy (non-hydrogen) atoms. The van der Waals surface area contributed by atoms with Crippen molar-refractivity contribution in [1.82, 2.24) is 10.2 Å². The third-order valence-electron chi connectivity index (χ3n) is 5.08. The maximum Gasteiger partial charge on any atom is 0.0196 e. The first-order valence-electron chi connectivity index (χ1n) is 8.21. The molecule has 0 aromatic carbocycles. The third-order valence-corrected chi connectivity index (χ3v) is 5.08. The SMILES string of the molecule is CCCC1CN(C2CCCCCC2C)C(C)CN1. The fourth-order valence-electron chi connectivity index (χ4n) is 3.92. The molecule has 4 unspecified atom stereocenters. The van der Waals surface area contributed by atoms with E-state index in [1.165, 1.54) is 58.0 Å². The van der Waals surface area contributed by atoms with Crippen molar-refractivity contribution >= 4 is 0 Å². The van der Waals surface area contributed by atoms with Gasteiger partial charge in [0.25, 0.3) is 0 Å². The van der Waals surface area contributed by atoms with Crippen molar-refractivity contribution in [2.45, 2.75) is 83.8 Å². The summed E-state index contributed by atoms with van der Waals surface area (Å²) in [5, 5.41) is 3.73. The molecule has 1 aliphatic heterocycles. The number of nitrogens with zero attached hydrogens (tertiary/aromatic N) is 1. The first kappa shape index (κ1) is 14.3. The van der Waals surface area contributed by atoms with Crippen LogP contribution in [-0.2, 0) is 0 Å². The minimum atomic E-state index is 0.726. The van der Waals surface area contributed by atoms with E-state index < -0.39 is 0 Å². The highest BCUT2D eigenvalue weighted by molar-refractivity contribution is 4.90. The highest BCUT2D eigenvalue weighted by Gasteiger charge is 2.33. The molecule has 2 nitrogen and oxygen atoms in total. The normalized spacial score (nSPS) is 39.5. The molecule has 0 spiro atoms. The first-order chi connectivity index (χ1) is 8.72. The maximum absolute atomic E-state index is 3.73. The van der Waals surface area contributed by atoms with Gasteiger partial charge in [-0.2, -0.15) is 0 Å². The molecule has 0 radical (unpaired) electrons. The summed E-state index contributed by atoms with van der Waals surface area (Å²) < 4.78 is 0. The minimum absolute atomic E-state index is 0.726. The summed E-state index contributed by atoms with van der Waals surface area (Å²) in [5.74, 6) is 0.898. The van der Waals surface area contributed by atoms with Gasteiger partial charge < -0.3 is 5.32 Å². The Kier molecular flexibility index (Phi) is 5.50. The van der Waals surface area contributed by atoms with Crippen LogP contribution in [-0.4, -0.2) is 36.1 Å². The Labute approximate surface area is 114 Å². The van der Waals surface area contributed by atoms with Crippen LogP contribution in [0, 0.1) is 5.92 Å². The topological polar surface area (TPSA) is 15.3 Å². The fourth-order valence-corrected chi connectivity index (χ4v) is 3.92. The Balaban J connectivity index is 1.98. The van der Waals surface area contributed by atoms with Gasteiger partial charge in [0.15, 0.2) is 0 Å². The lowest BCUT2D eigenvalue weighted by Gasteiger charge is -2.45. The molecular weight excluding hydrogens is 220 g/mol. The van der Waals surface area contributed by atoms with Crippen molar-refractivity contribution in [2.75, 3.05) is 13.1 Å². The van der Waals surface area contributed by atoms with Crippen LogP contribution in [0.3, 0.4) is 0 Å². The van der Waals surface area contributed by atoms with E-state index in [9.17, 15) is 0 Å². The zero-order valence-corrected chi connectivity index (χ0v) is 12.6. The summed E-state index contributed by atoms with van der Waals surface area (Å²) in [6, 6.07) is 2.31. The summed E-state index contributed by atoms with van der Waals surface area (Å²) >= 11 is 0. The van der Waals surface area contributed by atoms with Crippen LogP contribution >= 0.6 is 0 Å². The predicted molar refractivity (Wildman–Crippen MR) is 78.9 cm³/mol. The Morgan fingerprint density at radius 2 is 1.89 bits per heavy atom. The average molecular weight is 252 g/mol. The molecule has 1 saturated carbocycles. The number of rotatable bonds is 3. The van der Waals surface area contributed by atoms with Gasteiger partial charge in [0, 0.05) is 31.2 Å². The standard InChI is InChI=1S/C16H32N2/c1-4-8-15-12-18(14(3)11-17-15)16-10-7-5-6-9-13(16)2/h13-17H,4-12H2,1-3H3. The van der Waals surface area contributed by atoms with E-state index in [1.807, 2.05) is 0 Å². The molecule has 2 fully saturated rings. The molecule has 1 saturated heterocycles. The molecule has 2 aliphatic rings. The zero-order valence-electron chi connectivity index (χ0n) is 12.6. The van der Waals surface area contributed by atoms with Gasteiger partial charge in [-0.05, 0) is 32.1 Å². The van der Waals surface area contributed by atoms with E-state index in [0.29, 0.717) is 0 Å². The molecule has 1 N–H and O–H groups in total. The summed E-state index contributed by atoms with van der Waals surface area (Å²) in [4.78, 5) is 2.84. The van der Waals surface area contributed by atoms with Crippen molar-refractivity contribution < 1.29 is 0 Å².